The molecule has 0 aromatic carbocycles. The van der Waals surface area contributed by atoms with Crippen LogP contribution in [0.2, 0.25) is 19.6 Å². The Balaban J connectivity index is 2.44. The van der Waals surface area contributed by atoms with Crippen LogP contribution in [0.15, 0.2) is 41.0 Å². The first-order valence-electron chi connectivity index (χ1n) is 6.76. The lowest BCUT2D eigenvalue weighted by molar-refractivity contribution is 0.177. The van der Waals surface area contributed by atoms with E-state index >= 15 is 0 Å². The molecule has 0 fully saturated rings. The number of nitriles is 1. The van der Waals surface area contributed by atoms with Crippen LogP contribution in [-0.4, -0.2) is 8.32 Å². The predicted octanol–water partition coefficient (Wildman–Crippen LogP) is 4.93. The lowest BCUT2D eigenvalue weighted by Crippen LogP contribution is -2.38. The Morgan fingerprint density at radius 2 is 2.10 bits per heavy atom. The van der Waals surface area contributed by atoms with Gasteiger partial charge in [0.05, 0.1) is 11.1 Å². The Labute approximate surface area is 130 Å². The monoisotopic (exact) mass is 317 g/mol. The van der Waals surface area contributed by atoms with E-state index < -0.39 is 13.9 Å². The molecule has 110 valence electrons. The summed E-state index contributed by atoms with van der Waals surface area (Å²) in [5.41, 5.74) is -1.05. The molecule has 1 atom stereocenters. The van der Waals surface area contributed by atoms with Crippen LogP contribution in [0, 0.1) is 18.3 Å². The Morgan fingerprint density at radius 1 is 1.33 bits per heavy atom. The van der Waals surface area contributed by atoms with Gasteiger partial charge in [-0.1, -0.05) is 0 Å². The molecule has 0 amide bonds. The van der Waals surface area contributed by atoms with Gasteiger partial charge in [-0.2, -0.15) is 5.26 Å². The molecule has 2 aromatic heterocycles. The summed E-state index contributed by atoms with van der Waals surface area (Å²) in [5.74, 6) is 0.710. The second-order valence-corrected chi connectivity index (χ2v) is 11.5. The largest absolute Gasteiger partial charge is 0.465 e. The van der Waals surface area contributed by atoms with E-state index in [0.717, 1.165) is 9.75 Å². The fraction of sp³-hybridized carbons (Fsp3) is 0.312. The van der Waals surface area contributed by atoms with Crippen molar-refractivity contribution < 1.29 is 8.84 Å². The van der Waals surface area contributed by atoms with Crippen molar-refractivity contribution in [2.24, 2.45) is 0 Å². The molecule has 0 N–H and O–H groups in total. The molecule has 0 spiro atoms. The van der Waals surface area contributed by atoms with Crippen molar-refractivity contribution in [1.29, 1.82) is 5.26 Å². The van der Waals surface area contributed by atoms with Crippen LogP contribution in [-0.2, 0) is 10.0 Å². The summed E-state index contributed by atoms with van der Waals surface area (Å²) in [6.45, 7) is 8.28. The Bertz CT molecular complexity index is 661. The molecule has 2 rings (SSSR count). The van der Waals surface area contributed by atoms with Crippen LogP contribution in [0.25, 0.3) is 6.08 Å². The van der Waals surface area contributed by atoms with Crippen molar-refractivity contribution in [3.63, 3.8) is 0 Å². The van der Waals surface area contributed by atoms with Crippen LogP contribution < -0.4 is 0 Å². The van der Waals surface area contributed by atoms with Crippen molar-refractivity contribution in [3.05, 3.63) is 52.1 Å². The fourth-order valence-corrected chi connectivity index (χ4v) is 4.17. The molecule has 0 aliphatic rings. The summed E-state index contributed by atoms with van der Waals surface area (Å²) in [5, 5.41) is 9.80. The molecule has 2 aromatic rings. The molecule has 3 nitrogen and oxygen atoms in total. The second kappa shape index (κ2) is 6.02. The topological polar surface area (TPSA) is 46.2 Å². The van der Waals surface area contributed by atoms with Crippen molar-refractivity contribution >= 4 is 25.7 Å². The summed E-state index contributed by atoms with van der Waals surface area (Å²) in [6, 6.07) is 10.0. The zero-order chi connectivity index (χ0) is 15.5. The smallest absolute Gasteiger partial charge is 0.198 e. The van der Waals surface area contributed by atoms with E-state index in [2.05, 4.69) is 25.7 Å². The average Bonchev–Trinajstić information content (AvgIpc) is 3.04. The van der Waals surface area contributed by atoms with Gasteiger partial charge in [0, 0.05) is 4.88 Å². The van der Waals surface area contributed by atoms with Crippen LogP contribution in [0.4, 0.5) is 0 Å². The van der Waals surface area contributed by atoms with Crippen molar-refractivity contribution in [2.45, 2.75) is 32.2 Å². The lowest BCUT2D eigenvalue weighted by atomic mass is 10.0. The zero-order valence-electron chi connectivity index (χ0n) is 12.7. The van der Waals surface area contributed by atoms with Crippen LogP contribution in [0.1, 0.15) is 15.5 Å². The highest BCUT2D eigenvalue weighted by Crippen LogP contribution is 2.35. The molecule has 21 heavy (non-hydrogen) atoms. The summed E-state index contributed by atoms with van der Waals surface area (Å²) in [4.78, 5) is 2.07. The molecule has 0 aliphatic heterocycles. The van der Waals surface area contributed by atoms with Crippen molar-refractivity contribution in [3.8, 4) is 6.07 Å². The molecule has 1 unspecified atom stereocenters. The van der Waals surface area contributed by atoms with E-state index in [4.69, 9.17) is 8.84 Å². The van der Waals surface area contributed by atoms with E-state index in [1.54, 1.807) is 29.8 Å². The summed E-state index contributed by atoms with van der Waals surface area (Å²) in [7, 11) is -1.91. The second-order valence-electron chi connectivity index (χ2n) is 5.82. The van der Waals surface area contributed by atoms with Gasteiger partial charge in [-0.15, -0.1) is 11.3 Å². The minimum atomic E-state index is -1.91. The van der Waals surface area contributed by atoms with E-state index in [9.17, 15) is 5.26 Å². The third-order valence-corrected chi connectivity index (χ3v) is 4.82. The normalized spacial score (nSPS) is 15.0. The molecule has 0 saturated carbocycles. The van der Waals surface area contributed by atoms with E-state index in [1.165, 1.54) is 0 Å². The first kappa shape index (κ1) is 15.8. The third-order valence-electron chi connectivity index (χ3n) is 2.77. The zero-order valence-corrected chi connectivity index (χ0v) is 14.5. The van der Waals surface area contributed by atoms with Crippen molar-refractivity contribution in [1.82, 2.24) is 0 Å². The highest BCUT2D eigenvalue weighted by molar-refractivity contribution is 7.12. The third kappa shape index (κ3) is 3.94. The first-order chi connectivity index (χ1) is 9.85. The van der Waals surface area contributed by atoms with Gasteiger partial charge in [0.25, 0.3) is 0 Å². The van der Waals surface area contributed by atoms with Crippen molar-refractivity contribution in [2.75, 3.05) is 0 Å². The van der Waals surface area contributed by atoms with Gasteiger partial charge in [-0.25, -0.2) is 0 Å². The van der Waals surface area contributed by atoms with Gasteiger partial charge in [-0.3, -0.25) is 0 Å². The van der Waals surface area contributed by atoms with Gasteiger partial charge in [0.2, 0.25) is 0 Å². The van der Waals surface area contributed by atoms with Gasteiger partial charge in [0.15, 0.2) is 13.9 Å². The quantitative estimate of drug-likeness (QED) is 0.734. The maximum absolute atomic E-state index is 9.80. The highest BCUT2D eigenvalue weighted by atomic mass is 32.1. The minimum absolute atomic E-state index is 0.710. The number of aryl methyl sites for hydroxylation is 1. The molecule has 2 heterocycles. The number of hydrogen-bond donors (Lipinski definition) is 0. The standard InChI is InChI=1S/C16H19NO2SSi/c1-13-7-8-15(20-13)16(12-17,19-21(2,3)4)10-9-14-6-5-11-18-14/h5-11H,1-4H3/b10-9+. The average molecular weight is 317 g/mol. The predicted molar refractivity (Wildman–Crippen MR) is 88.5 cm³/mol. The maximum Gasteiger partial charge on any atom is 0.198 e. The Morgan fingerprint density at radius 3 is 2.57 bits per heavy atom. The lowest BCUT2D eigenvalue weighted by Gasteiger charge is -2.30. The molecular weight excluding hydrogens is 298 g/mol. The summed E-state index contributed by atoms with van der Waals surface area (Å²) >= 11 is 1.59. The SMILES string of the molecule is Cc1ccc(C(C#N)(/C=C/c2ccco2)O[Si](C)(C)C)s1. The number of rotatable bonds is 5. The van der Waals surface area contributed by atoms with Gasteiger partial charge < -0.3 is 8.84 Å². The molecule has 0 radical (unpaired) electrons. The fourth-order valence-electron chi connectivity index (χ4n) is 1.98. The van der Waals surface area contributed by atoms with Crippen LogP contribution >= 0.6 is 11.3 Å². The number of hydrogen-bond acceptors (Lipinski definition) is 4. The number of nitrogens with zero attached hydrogens (tertiary/aromatic N) is 1. The Hall–Kier alpha value is -1.61. The van der Waals surface area contributed by atoms with Gasteiger partial charge in [-0.05, 0) is 63.0 Å². The van der Waals surface area contributed by atoms with Gasteiger partial charge >= 0.3 is 0 Å². The summed E-state index contributed by atoms with van der Waals surface area (Å²) in [6.07, 6.45) is 5.22. The molecule has 5 heteroatoms. The Kier molecular flexibility index (Phi) is 4.52. The molecule has 0 saturated heterocycles. The summed E-state index contributed by atoms with van der Waals surface area (Å²) < 4.78 is 11.5. The maximum atomic E-state index is 9.80. The van der Waals surface area contributed by atoms with Gasteiger partial charge in [0.1, 0.15) is 11.8 Å². The minimum Gasteiger partial charge on any atom is -0.465 e. The van der Waals surface area contributed by atoms with Crippen LogP contribution in [0.3, 0.4) is 0 Å². The van der Waals surface area contributed by atoms with E-state index in [0.29, 0.717) is 5.76 Å². The number of thiophene rings is 1. The van der Waals surface area contributed by atoms with E-state index in [-0.39, 0.29) is 0 Å². The number of furan rings is 1. The molecule has 0 aliphatic carbocycles. The molecular formula is C16H19NO2SSi. The van der Waals surface area contributed by atoms with E-state index in [1.807, 2.05) is 31.2 Å². The van der Waals surface area contributed by atoms with Crippen LogP contribution in [0.5, 0.6) is 0 Å². The first-order valence-corrected chi connectivity index (χ1v) is 11.0. The highest BCUT2D eigenvalue weighted by Gasteiger charge is 2.37. The molecule has 0 bridgehead atoms.